The van der Waals surface area contributed by atoms with Crippen molar-refractivity contribution in [3.05, 3.63) is 81.5 Å². The van der Waals surface area contributed by atoms with Crippen molar-refractivity contribution < 1.29 is 28.3 Å². The number of benzene rings is 2. The van der Waals surface area contributed by atoms with Gasteiger partial charge in [0.25, 0.3) is 11.8 Å². The molecule has 0 bridgehead atoms. The maximum atomic E-state index is 13.0. The fourth-order valence-electron chi connectivity index (χ4n) is 3.16. The lowest BCUT2D eigenvalue weighted by molar-refractivity contribution is -0.122. The summed E-state index contributed by atoms with van der Waals surface area (Å²) in [6.45, 7) is 0. The number of rotatable bonds is 4. The Kier molecular flexibility index (Phi) is 6.04. The van der Waals surface area contributed by atoms with E-state index in [1.165, 1.54) is 31.4 Å². The number of anilines is 1. The summed E-state index contributed by atoms with van der Waals surface area (Å²) in [6.07, 6.45) is 1.22. The summed E-state index contributed by atoms with van der Waals surface area (Å²) in [6, 6.07) is 13.2. The summed E-state index contributed by atoms with van der Waals surface area (Å²) >= 11 is 12.2. The molecule has 2 aromatic carbocycles. The number of ether oxygens (including phenoxy) is 1. The number of nitrogens with one attached hydrogen (secondary N) is 1. The zero-order valence-electron chi connectivity index (χ0n) is 16.9. The molecule has 1 N–H and O–H groups in total. The quantitative estimate of drug-likeness (QED) is 0.326. The van der Waals surface area contributed by atoms with Crippen molar-refractivity contribution in [1.29, 1.82) is 0 Å². The number of carbonyl (C=O) groups is 4. The largest absolute Gasteiger partial charge is 0.465 e. The van der Waals surface area contributed by atoms with Gasteiger partial charge in [-0.05, 0) is 42.5 Å². The second-order valence-corrected chi connectivity index (χ2v) is 7.59. The first-order chi connectivity index (χ1) is 15.8. The van der Waals surface area contributed by atoms with Gasteiger partial charge in [0.05, 0.1) is 28.4 Å². The van der Waals surface area contributed by atoms with Crippen LogP contribution in [0.3, 0.4) is 0 Å². The number of carbonyl (C=O) groups excluding carboxylic acids is 4. The second-order valence-electron chi connectivity index (χ2n) is 6.80. The highest BCUT2D eigenvalue weighted by Gasteiger charge is 2.38. The first-order valence-electron chi connectivity index (χ1n) is 9.44. The zero-order chi connectivity index (χ0) is 23.7. The zero-order valence-corrected chi connectivity index (χ0v) is 18.4. The maximum Gasteiger partial charge on any atom is 0.337 e. The molecule has 0 aliphatic carbocycles. The predicted octanol–water partition coefficient (Wildman–Crippen LogP) is 4.71. The summed E-state index contributed by atoms with van der Waals surface area (Å²) in [5.74, 6) is -1.58. The highest BCUT2D eigenvalue weighted by molar-refractivity contribution is 6.46. The van der Waals surface area contributed by atoms with E-state index < -0.39 is 23.8 Å². The molecule has 1 aromatic heterocycles. The van der Waals surface area contributed by atoms with E-state index in [1.807, 2.05) is 0 Å². The van der Waals surface area contributed by atoms with Crippen LogP contribution in [-0.2, 0) is 14.3 Å². The van der Waals surface area contributed by atoms with Gasteiger partial charge in [-0.2, -0.15) is 0 Å². The highest BCUT2D eigenvalue weighted by atomic mass is 35.5. The van der Waals surface area contributed by atoms with Crippen LogP contribution >= 0.6 is 23.2 Å². The fraction of sp³-hybridized carbons (Fsp3) is 0.0435. The number of halogens is 2. The number of esters is 1. The molecule has 0 saturated carbocycles. The van der Waals surface area contributed by atoms with Crippen molar-refractivity contribution in [2.24, 2.45) is 0 Å². The molecule has 33 heavy (non-hydrogen) atoms. The lowest BCUT2D eigenvalue weighted by Crippen LogP contribution is -2.54. The first kappa shape index (κ1) is 22.3. The Morgan fingerprint density at radius 1 is 1.03 bits per heavy atom. The van der Waals surface area contributed by atoms with Crippen molar-refractivity contribution in [2.75, 3.05) is 12.0 Å². The Hall–Kier alpha value is -3.88. The molecule has 166 valence electrons. The Morgan fingerprint density at radius 2 is 1.76 bits per heavy atom. The number of imide groups is 2. The van der Waals surface area contributed by atoms with Gasteiger partial charge >= 0.3 is 12.0 Å². The third-order valence-corrected chi connectivity index (χ3v) is 5.59. The first-order valence-corrected chi connectivity index (χ1v) is 10.2. The lowest BCUT2D eigenvalue weighted by Gasteiger charge is -2.27. The summed E-state index contributed by atoms with van der Waals surface area (Å²) in [5, 5.41) is 2.25. The van der Waals surface area contributed by atoms with Crippen LogP contribution < -0.4 is 10.2 Å². The molecule has 3 aromatic rings. The van der Waals surface area contributed by atoms with Gasteiger partial charge in [-0.3, -0.25) is 14.9 Å². The average molecular weight is 485 g/mol. The number of methoxy groups -OCH3 is 1. The van der Waals surface area contributed by atoms with Crippen LogP contribution in [0, 0.1) is 0 Å². The molecular formula is C23H14Cl2N2O6. The molecule has 10 heteroatoms. The number of nitrogens with zero attached hydrogens (tertiary/aromatic N) is 1. The molecule has 0 radical (unpaired) electrons. The van der Waals surface area contributed by atoms with Gasteiger partial charge in [0, 0.05) is 5.56 Å². The third kappa shape index (κ3) is 4.26. The fourth-order valence-corrected chi connectivity index (χ4v) is 3.54. The number of hydrogen-bond donors (Lipinski definition) is 1. The molecule has 0 atom stereocenters. The van der Waals surface area contributed by atoms with E-state index in [1.54, 1.807) is 36.4 Å². The molecule has 4 rings (SSSR count). The van der Waals surface area contributed by atoms with Crippen LogP contribution in [0.15, 0.2) is 64.6 Å². The molecule has 4 amide bonds. The summed E-state index contributed by atoms with van der Waals surface area (Å²) in [7, 11) is 1.29. The van der Waals surface area contributed by atoms with Gasteiger partial charge in [0.2, 0.25) is 0 Å². The minimum absolute atomic E-state index is 0.00736. The monoisotopic (exact) mass is 484 g/mol. The minimum atomic E-state index is -0.947. The van der Waals surface area contributed by atoms with E-state index >= 15 is 0 Å². The Morgan fingerprint density at radius 3 is 2.45 bits per heavy atom. The van der Waals surface area contributed by atoms with E-state index in [2.05, 4.69) is 10.1 Å². The Bertz CT molecular complexity index is 1330. The number of amides is 4. The predicted molar refractivity (Wildman–Crippen MR) is 121 cm³/mol. The van der Waals surface area contributed by atoms with E-state index in [9.17, 15) is 19.2 Å². The van der Waals surface area contributed by atoms with Crippen LogP contribution in [0.4, 0.5) is 10.5 Å². The van der Waals surface area contributed by atoms with Crippen molar-refractivity contribution in [2.45, 2.75) is 0 Å². The van der Waals surface area contributed by atoms with Crippen LogP contribution in [0.1, 0.15) is 16.1 Å². The molecular weight excluding hydrogens is 471 g/mol. The van der Waals surface area contributed by atoms with E-state index in [0.29, 0.717) is 16.9 Å². The van der Waals surface area contributed by atoms with E-state index in [-0.39, 0.29) is 27.1 Å². The number of hydrogen-bond acceptors (Lipinski definition) is 6. The van der Waals surface area contributed by atoms with Crippen molar-refractivity contribution in [3.8, 4) is 11.3 Å². The SMILES string of the molecule is COC(=O)c1ccc(-c2ccc(/C=C3\C(=O)NC(=O)N(c4cccc(Cl)c4Cl)C3=O)o2)cc1. The van der Waals surface area contributed by atoms with Crippen LogP contribution in [0.2, 0.25) is 10.0 Å². The maximum absolute atomic E-state index is 13.0. The lowest BCUT2D eigenvalue weighted by atomic mass is 10.1. The molecule has 0 spiro atoms. The van der Waals surface area contributed by atoms with Crippen LogP contribution in [-0.4, -0.2) is 30.9 Å². The topological polar surface area (TPSA) is 106 Å². The summed E-state index contributed by atoms with van der Waals surface area (Å²) in [4.78, 5) is 50.0. The molecule has 0 unspecified atom stereocenters. The molecule has 1 fully saturated rings. The smallest absolute Gasteiger partial charge is 0.337 e. The van der Waals surface area contributed by atoms with Crippen molar-refractivity contribution >= 4 is 58.8 Å². The van der Waals surface area contributed by atoms with Crippen molar-refractivity contribution in [1.82, 2.24) is 5.32 Å². The standard InChI is InChI=1S/C23H14Cl2N2O6/c1-32-22(30)13-7-5-12(6-8-13)18-10-9-14(33-18)11-15-20(28)26-23(31)27(21(15)29)17-4-2-3-16(24)19(17)25/h2-11H,1H3,(H,26,28,31)/b15-11+. The normalized spacial score (nSPS) is 15.1. The van der Waals surface area contributed by atoms with Gasteiger partial charge < -0.3 is 9.15 Å². The molecule has 8 nitrogen and oxygen atoms in total. The van der Waals surface area contributed by atoms with E-state index in [0.717, 1.165) is 4.90 Å². The van der Waals surface area contributed by atoms with Gasteiger partial charge in [0.1, 0.15) is 17.1 Å². The van der Waals surface area contributed by atoms with Crippen LogP contribution in [0.25, 0.3) is 17.4 Å². The third-order valence-electron chi connectivity index (χ3n) is 4.78. The second kappa shape index (κ2) is 8.93. The van der Waals surface area contributed by atoms with Gasteiger partial charge in [-0.1, -0.05) is 41.4 Å². The summed E-state index contributed by atoms with van der Waals surface area (Å²) in [5.41, 5.74) is 0.752. The molecule has 1 saturated heterocycles. The number of furan rings is 1. The van der Waals surface area contributed by atoms with E-state index in [4.69, 9.17) is 27.6 Å². The summed E-state index contributed by atoms with van der Waals surface area (Å²) < 4.78 is 10.4. The van der Waals surface area contributed by atoms with Crippen molar-refractivity contribution in [3.63, 3.8) is 0 Å². The Labute approximate surface area is 197 Å². The molecule has 2 heterocycles. The molecule has 1 aliphatic heterocycles. The number of barbiturate groups is 1. The van der Waals surface area contributed by atoms with Gasteiger partial charge in [-0.25, -0.2) is 14.5 Å². The minimum Gasteiger partial charge on any atom is -0.465 e. The van der Waals surface area contributed by atoms with Gasteiger partial charge in [0.15, 0.2) is 0 Å². The Balaban J connectivity index is 1.65. The van der Waals surface area contributed by atoms with Gasteiger partial charge in [-0.15, -0.1) is 0 Å². The highest BCUT2D eigenvalue weighted by Crippen LogP contribution is 2.34. The molecule has 1 aliphatic rings. The van der Waals surface area contributed by atoms with Crippen LogP contribution in [0.5, 0.6) is 0 Å². The number of urea groups is 1. The average Bonchev–Trinajstić information content (AvgIpc) is 3.27.